The SMILES string of the molecule is C=C(C=C/C(=C\C)COC)C1(N=O)c2ccc(CCC)cc2Sc2cc(OC)ccc21.CC(C)(C)OC=O. The average molecular weight is 538 g/mol. The zero-order valence-corrected chi connectivity index (χ0v) is 24.3. The fraction of sp³-hybridized carbons (Fsp3) is 0.387. The molecular formula is C31H39NO5S. The third-order valence-corrected chi connectivity index (χ3v) is 7.07. The van der Waals surface area contributed by atoms with Gasteiger partial charge in [-0.2, -0.15) is 0 Å². The lowest BCUT2D eigenvalue weighted by atomic mass is 9.77. The number of nitroso groups, excluding NO2 is 1. The molecule has 3 rings (SSSR count). The predicted molar refractivity (Wildman–Crippen MR) is 155 cm³/mol. The minimum absolute atomic E-state index is 0.318. The molecule has 1 aliphatic heterocycles. The first-order valence-corrected chi connectivity index (χ1v) is 13.4. The number of ether oxygens (including phenoxy) is 3. The highest BCUT2D eigenvalue weighted by Crippen LogP contribution is 2.54. The van der Waals surface area contributed by atoms with Gasteiger partial charge >= 0.3 is 0 Å². The van der Waals surface area contributed by atoms with E-state index in [4.69, 9.17) is 9.47 Å². The van der Waals surface area contributed by atoms with E-state index in [1.165, 1.54) is 5.56 Å². The van der Waals surface area contributed by atoms with E-state index >= 15 is 0 Å². The van der Waals surface area contributed by atoms with Crippen molar-refractivity contribution in [1.29, 1.82) is 0 Å². The fourth-order valence-corrected chi connectivity index (χ4v) is 5.31. The number of hydrogen-bond donors (Lipinski definition) is 0. The van der Waals surface area contributed by atoms with Crippen LogP contribution in [0.15, 0.2) is 87.3 Å². The van der Waals surface area contributed by atoms with Crippen molar-refractivity contribution >= 4 is 18.2 Å². The van der Waals surface area contributed by atoms with Crippen LogP contribution in [0.5, 0.6) is 5.75 Å². The number of aryl methyl sites for hydroxylation is 1. The Bertz CT molecular complexity index is 1200. The summed E-state index contributed by atoms with van der Waals surface area (Å²) in [7, 11) is 3.30. The second kappa shape index (κ2) is 14.1. The third kappa shape index (κ3) is 7.45. The van der Waals surface area contributed by atoms with Crippen molar-refractivity contribution in [2.45, 2.75) is 68.4 Å². The van der Waals surface area contributed by atoms with Gasteiger partial charge in [-0.15, -0.1) is 4.91 Å². The van der Waals surface area contributed by atoms with Crippen LogP contribution in [0.2, 0.25) is 0 Å². The summed E-state index contributed by atoms with van der Waals surface area (Å²) < 4.78 is 15.2. The number of carbonyl (C=O) groups is 1. The van der Waals surface area contributed by atoms with Crippen molar-refractivity contribution in [3.63, 3.8) is 0 Å². The van der Waals surface area contributed by atoms with Gasteiger partial charge in [-0.1, -0.05) is 68.1 Å². The number of benzene rings is 2. The van der Waals surface area contributed by atoms with Gasteiger partial charge in [0.25, 0.3) is 6.47 Å². The van der Waals surface area contributed by atoms with Gasteiger partial charge in [-0.25, -0.2) is 0 Å². The van der Waals surface area contributed by atoms with E-state index in [2.05, 4.69) is 35.5 Å². The summed E-state index contributed by atoms with van der Waals surface area (Å²) in [5, 5.41) is 3.74. The Morgan fingerprint density at radius 2 is 1.74 bits per heavy atom. The fourth-order valence-electron chi connectivity index (χ4n) is 4.04. The number of carbonyl (C=O) groups excluding carboxylic acids is 1. The second-order valence-electron chi connectivity index (χ2n) is 9.83. The van der Waals surface area contributed by atoms with Crippen molar-refractivity contribution < 1.29 is 19.0 Å². The molecule has 2 aromatic rings. The van der Waals surface area contributed by atoms with Crippen LogP contribution in [0.4, 0.5) is 0 Å². The van der Waals surface area contributed by atoms with Crippen molar-refractivity contribution in [2.24, 2.45) is 5.18 Å². The molecule has 0 saturated carbocycles. The summed E-state index contributed by atoms with van der Waals surface area (Å²) >= 11 is 1.65. The Balaban J connectivity index is 0.000000638. The van der Waals surface area contributed by atoms with E-state index in [0.717, 1.165) is 45.1 Å². The standard InChI is InChI=1S/C26H29NO3S.C5H10O2/c1-6-8-20-11-13-22-24(15-20)31-25-16-21(30-5)12-14-23(25)26(22,27-28)18(3)9-10-19(7-2)17-29-4;1-5(2,3)7-4-6/h7,9-16H,3,6,8,17H2,1-2,4-5H3;4H,1-3H3/b10-9?,19-7+;. The van der Waals surface area contributed by atoms with Gasteiger partial charge < -0.3 is 14.2 Å². The maximum atomic E-state index is 12.6. The lowest BCUT2D eigenvalue weighted by molar-refractivity contribution is -0.138. The number of fused-ring (bicyclic) bond motifs is 2. The molecule has 0 fully saturated rings. The normalized spacial score (nSPS) is 16.6. The van der Waals surface area contributed by atoms with Gasteiger partial charge in [0.2, 0.25) is 0 Å². The zero-order chi connectivity index (χ0) is 28.3. The molecule has 38 heavy (non-hydrogen) atoms. The average Bonchev–Trinajstić information content (AvgIpc) is 2.89. The number of nitrogens with zero attached hydrogens (tertiary/aromatic N) is 1. The number of hydrogen-bond acceptors (Lipinski definition) is 7. The molecule has 0 radical (unpaired) electrons. The van der Waals surface area contributed by atoms with Crippen LogP contribution in [-0.2, 0) is 26.2 Å². The second-order valence-corrected chi connectivity index (χ2v) is 10.9. The van der Waals surface area contributed by atoms with Crippen molar-refractivity contribution in [3.8, 4) is 5.75 Å². The molecule has 7 heteroatoms. The van der Waals surface area contributed by atoms with Gasteiger partial charge in [-0.3, -0.25) is 4.79 Å². The number of allylic oxidation sites excluding steroid dienone is 1. The van der Waals surface area contributed by atoms with Crippen LogP contribution in [0.1, 0.15) is 57.7 Å². The van der Waals surface area contributed by atoms with E-state index in [1.54, 1.807) is 26.0 Å². The van der Waals surface area contributed by atoms with Crippen LogP contribution < -0.4 is 4.74 Å². The molecule has 0 bridgehead atoms. The monoisotopic (exact) mass is 537 g/mol. The van der Waals surface area contributed by atoms with Crippen molar-refractivity contribution in [2.75, 3.05) is 20.8 Å². The zero-order valence-electron chi connectivity index (χ0n) is 23.5. The molecule has 1 unspecified atom stereocenters. The van der Waals surface area contributed by atoms with Crippen molar-refractivity contribution in [1.82, 2.24) is 0 Å². The van der Waals surface area contributed by atoms with Gasteiger partial charge in [0.15, 0.2) is 5.54 Å². The summed E-state index contributed by atoms with van der Waals surface area (Å²) in [5.74, 6) is 0.747. The lowest BCUT2D eigenvalue weighted by Crippen LogP contribution is -2.30. The number of methoxy groups -OCH3 is 2. The van der Waals surface area contributed by atoms with Crippen LogP contribution in [-0.4, -0.2) is 32.9 Å². The van der Waals surface area contributed by atoms with E-state index < -0.39 is 5.54 Å². The van der Waals surface area contributed by atoms with E-state index in [-0.39, 0.29) is 5.60 Å². The summed E-state index contributed by atoms with van der Waals surface area (Å²) in [6.45, 7) is 14.8. The Labute approximate surface area is 231 Å². The highest BCUT2D eigenvalue weighted by molar-refractivity contribution is 7.99. The van der Waals surface area contributed by atoms with E-state index in [1.807, 2.05) is 70.2 Å². The Morgan fingerprint density at radius 3 is 2.24 bits per heavy atom. The molecule has 1 atom stereocenters. The van der Waals surface area contributed by atoms with Crippen molar-refractivity contribution in [3.05, 3.63) is 93.9 Å². The predicted octanol–water partition coefficient (Wildman–Crippen LogP) is 7.79. The van der Waals surface area contributed by atoms with Crippen LogP contribution in [0.25, 0.3) is 0 Å². The first kappa shape index (κ1) is 31.1. The summed E-state index contributed by atoms with van der Waals surface area (Å²) in [5.41, 5.74) is 3.05. The Kier molecular flexibility index (Phi) is 11.5. The molecule has 0 spiro atoms. The smallest absolute Gasteiger partial charge is 0.293 e. The maximum absolute atomic E-state index is 12.6. The molecular weight excluding hydrogens is 498 g/mol. The van der Waals surface area contributed by atoms with Crippen LogP contribution >= 0.6 is 11.8 Å². The molecule has 204 valence electrons. The van der Waals surface area contributed by atoms with E-state index in [9.17, 15) is 9.70 Å². The molecule has 0 N–H and O–H groups in total. The summed E-state index contributed by atoms with van der Waals surface area (Å²) in [6, 6.07) is 12.1. The molecule has 6 nitrogen and oxygen atoms in total. The summed E-state index contributed by atoms with van der Waals surface area (Å²) in [4.78, 5) is 24.2. The van der Waals surface area contributed by atoms with Gasteiger partial charge in [0.1, 0.15) is 11.4 Å². The maximum Gasteiger partial charge on any atom is 0.293 e. The molecule has 1 aliphatic rings. The quantitative estimate of drug-likeness (QED) is 0.175. The Hall–Kier alpha value is -3.16. The number of rotatable bonds is 10. The molecule has 0 saturated heterocycles. The van der Waals surface area contributed by atoms with E-state index in [0.29, 0.717) is 18.7 Å². The first-order valence-electron chi connectivity index (χ1n) is 12.6. The van der Waals surface area contributed by atoms with Gasteiger partial charge in [-0.05, 0) is 74.2 Å². The third-order valence-electron chi connectivity index (χ3n) is 5.96. The van der Waals surface area contributed by atoms with Gasteiger partial charge in [0, 0.05) is 28.0 Å². The molecule has 1 heterocycles. The minimum atomic E-state index is -1.20. The Morgan fingerprint density at radius 1 is 1.08 bits per heavy atom. The lowest BCUT2D eigenvalue weighted by Gasteiger charge is -2.35. The molecule has 0 amide bonds. The molecule has 2 aromatic carbocycles. The largest absolute Gasteiger partial charge is 0.497 e. The highest BCUT2D eigenvalue weighted by Gasteiger charge is 2.45. The topological polar surface area (TPSA) is 74.2 Å². The summed E-state index contributed by atoms with van der Waals surface area (Å²) in [6.07, 6.45) is 7.85. The molecule has 0 aliphatic carbocycles. The van der Waals surface area contributed by atoms with Crippen LogP contribution in [0, 0.1) is 4.91 Å². The highest BCUT2D eigenvalue weighted by atomic mass is 32.2. The first-order chi connectivity index (χ1) is 18.1. The minimum Gasteiger partial charge on any atom is -0.497 e. The molecule has 0 aromatic heterocycles. The van der Waals surface area contributed by atoms with Gasteiger partial charge in [0.05, 0.1) is 13.7 Å². The van der Waals surface area contributed by atoms with Crippen LogP contribution in [0.3, 0.4) is 0 Å².